The van der Waals surface area contributed by atoms with Crippen molar-refractivity contribution in [3.05, 3.63) is 97.5 Å². The average Bonchev–Trinajstić information content (AvgIpc) is 3.12. The lowest BCUT2D eigenvalue weighted by Crippen LogP contribution is -2.39. The van der Waals surface area contributed by atoms with Gasteiger partial charge in [-0.05, 0) is 36.1 Å². The van der Waals surface area contributed by atoms with E-state index in [4.69, 9.17) is 0 Å². The van der Waals surface area contributed by atoms with E-state index in [2.05, 4.69) is 0 Å². The summed E-state index contributed by atoms with van der Waals surface area (Å²) in [4.78, 5) is 25.9. The molecule has 0 saturated carbocycles. The van der Waals surface area contributed by atoms with E-state index in [-0.39, 0.29) is 6.54 Å². The van der Waals surface area contributed by atoms with Gasteiger partial charge < -0.3 is 0 Å². The maximum atomic E-state index is 14.3. The predicted octanol–water partition coefficient (Wildman–Crippen LogP) is 3.85. The molecule has 4 aromatic rings. The average molecular weight is 384 g/mol. The second kappa shape index (κ2) is 6.59. The number of hydrogen-bond acceptors (Lipinski definition) is 3. The van der Waals surface area contributed by atoms with Crippen molar-refractivity contribution < 1.29 is 8.78 Å². The van der Waals surface area contributed by atoms with Gasteiger partial charge in [0.2, 0.25) is 0 Å². The van der Waals surface area contributed by atoms with Gasteiger partial charge in [-0.15, -0.1) is 11.3 Å². The van der Waals surface area contributed by atoms with Gasteiger partial charge in [0.15, 0.2) is 0 Å². The van der Waals surface area contributed by atoms with Crippen LogP contribution in [0.25, 0.3) is 15.9 Å². The zero-order chi connectivity index (χ0) is 19.1. The molecule has 0 aliphatic heterocycles. The lowest BCUT2D eigenvalue weighted by Gasteiger charge is -2.13. The van der Waals surface area contributed by atoms with Crippen LogP contribution in [0.4, 0.5) is 8.78 Å². The number of rotatable bonds is 3. The van der Waals surface area contributed by atoms with Gasteiger partial charge in [0, 0.05) is 6.07 Å². The lowest BCUT2D eigenvalue weighted by atomic mass is 10.1. The number of benzene rings is 2. The maximum Gasteiger partial charge on any atom is 0.336 e. The Bertz CT molecular complexity index is 1290. The molecule has 7 heteroatoms. The summed E-state index contributed by atoms with van der Waals surface area (Å²) in [6.07, 6.45) is 0. The molecule has 2 aromatic carbocycles. The molecule has 0 fully saturated rings. The summed E-state index contributed by atoms with van der Waals surface area (Å²) in [5, 5.41) is 1.70. The predicted molar refractivity (Wildman–Crippen MR) is 102 cm³/mol. The smallest absolute Gasteiger partial charge is 0.288 e. The van der Waals surface area contributed by atoms with Crippen molar-refractivity contribution in [3.63, 3.8) is 0 Å². The number of halogens is 2. The first-order chi connectivity index (χ1) is 13.0. The van der Waals surface area contributed by atoms with E-state index in [0.29, 0.717) is 14.8 Å². The summed E-state index contributed by atoms with van der Waals surface area (Å²) >= 11 is 1.16. The molecule has 2 aromatic heterocycles. The number of aromatic nitrogens is 2. The highest BCUT2D eigenvalue weighted by Gasteiger charge is 2.18. The van der Waals surface area contributed by atoms with E-state index >= 15 is 0 Å². The highest BCUT2D eigenvalue weighted by molar-refractivity contribution is 7.17. The fourth-order valence-corrected chi connectivity index (χ4v) is 3.93. The first-order valence-electron chi connectivity index (χ1n) is 8.20. The van der Waals surface area contributed by atoms with Crippen LogP contribution in [0.15, 0.2) is 63.5 Å². The molecule has 2 heterocycles. The third-order valence-electron chi connectivity index (χ3n) is 4.33. The molecular weight excluding hydrogens is 370 g/mol. The molecule has 136 valence electrons. The largest absolute Gasteiger partial charge is 0.336 e. The monoisotopic (exact) mass is 384 g/mol. The minimum atomic E-state index is -0.839. The van der Waals surface area contributed by atoms with Crippen molar-refractivity contribution in [2.75, 3.05) is 0 Å². The van der Waals surface area contributed by atoms with E-state index < -0.39 is 28.6 Å². The van der Waals surface area contributed by atoms with Crippen LogP contribution in [0.1, 0.15) is 11.1 Å². The van der Waals surface area contributed by atoms with E-state index in [0.717, 1.165) is 40.7 Å². The molecule has 4 nitrogen and oxygen atoms in total. The van der Waals surface area contributed by atoms with Crippen LogP contribution in [-0.2, 0) is 6.54 Å². The van der Waals surface area contributed by atoms with Crippen LogP contribution in [0.2, 0.25) is 0 Å². The van der Waals surface area contributed by atoms with E-state index in [1.165, 1.54) is 4.57 Å². The van der Waals surface area contributed by atoms with Crippen LogP contribution in [-0.4, -0.2) is 9.13 Å². The molecular formula is C20H14F2N2O2S. The summed E-state index contributed by atoms with van der Waals surface area (Å²) in [7, 11) is 0. The Balaban J connectivity index is 2.03. The van der Waals surface area contributed by atoms with Crippen LogP contribution in [0.5, 0.6) is 0 Å². The van der Waals surface area contributed by atoms with Gasteiger partial charge >= 0.3 is 5.69 Å². The SMILES string of the molecule is Cc1cccc(Cn2c(=O)n(-c3cc(F)ccc3F)c(=O)c3sccc32)c1. The summed E-state index contributed by atoms with van der Waals surface area (Å²) in [6.45, 7) is 2.15. The molecule has 27 heavy (non-hydrogen) atoms. The number of nitrogens with zero attached hydrogens (tertiary/aromatic N) is 2. The Kier molecular flexibility index (Phi) is 4.24. The number of aryl methyl sites for hydroxylation is 1. The summed E-state index contributed by atoms with van der Waals surface area (Å²) in [5.74, 6) is -1.57. The standard InChI is InChI=1S/C20H14F2N2O2S/c1-12-3-2-4-13(9-12)11-23-16-7-8-27-18(16)19(25)24(20(23)26)17-10-14(21)5-6-15(17)22/h2-10H,11H2,1H3. The Morgan fingerprint density at radius 1 is 1.04 bits per heavy atom. The molecule has 4 rings (SSSR count). The lowest BCUT2D eigenvalue weighted by molar-refractivity contribution is 0.584. The fourth-order valence-electron chi connectivity index (χ4n) is 3.10. The van der Waals surface area contributed by atoms with Crippen LogP contribution < -0.4 is 11.2 Å². The van der Waals surface area contributed by atoms with Gasteiger partial charge in [-0.3, -0.25) is 9.36 Å². The van der Waals surface area contributed by atoms with Crippen molar-refractivity contribution in [2.24, 2.45) is 0 Å². The van der Waals surface area contributed by atoms with Crippen molar-refractivity contribution in [1.29, 1.82) is 0 Å². The topological polar surface area (TPSA) is 44.0 Å². The maximum absolute atomic E-state index is 14.3. The van der Waals surface area contributed by atoms with E-state index in [1.54, 1.807) is 11.4 Å². The molecule has 0 unspecified atom stereocenters. The third kappa shape index (κ3) is 3.00. The van der Waals surface area contributed by atoms with Gasteiger partial charge in [-0.2, -0.15) is 0 Å². The molecule has 0 saturated heterocycles. The first kappa shape index (κ1) is 17.4. The van der Waals surface area contributed by atoms with Crippen molar-refractivity contribution in [2.45, 2.75) is 13.5 Å². The van der Waals surface area contributed by atoms with Crippen LogP contribution in [0, 0.1) is 18.6 Å². The Morgan fingerprint density at radius 2 is 1.85 bits per heavy atom. The minimum Gasteiger partial charge on any atom is -0.288 e. The van der Waals surface area contributed by atoms with Crippen LogP contribution >= 0.6 is 11.3 Å². The molecule has 0 aliphatic carbocycles. The molecule has 0 radical (unpaired) electrons. The molecule has 0 atom stereocenters. The summed E-state index contributed by atoms with van der Waals surface area (Å²) in [6, 6.07) is 12.0. The van der Waals surface area contributed by atoms with Crippen molar-refractivity contribution >= 4 is 21.6 Å². The summed E-state index contributed by atoms with van der Waals surface area (Å²) in [5.41, 5.74) is 0.621. The number of fused-ring (bicyclic) bond motifs is 1. The molecule has 0 aliphatic rings. The molecule has 0 amide bonds. The van der Waals surface area contributed by atoms with E-state index in [1.807, 2.05) is 31.2 Å². The minimum absolute atomic E-state index is 0.213. The Hall–Kier alpha value is -3.06. The second-order valence-corrected chi connectivity index (χ2v) is 7.15. The summed E-state index contributed by atoms with van der Waals surface area (Å²) < 4.78 is 30.4. The molecule has 0 N–H and O–H groups in total. The van der Waals surface area contributed by atoms with Gasteiger partial charge in [0.25, 0.3) is 5.56 Å². The van der Waals surface area contributed by atoms with Gasteiger partial charge in [0.1, 0.15) is 16.3 Å². The van der Waals surface area contributed by atoms with E-state index in [9.17, 15) is 18.4 Å². The highest BCUT2D eigenvalue weighted by Crippen LogP contribution is 2.19. The first-order valence-corrected chi connectivity index (χ1v) is 9.07. The fraction of sp³-hybridized carbons (Fsp3) is 0.100. The zero-order valence-electron chi connectivity index (χ0n) is 14.3. The number of hydrogen-bond donors (Lipinski definition) is 0. The third-order valence-corrected chi connectivity index (χ3v) is 5.22. The van der Waals surface area contributed by atoms with Crippen molar-refractivity contribution in [1.82, 2.24) is 9.13 Å². The van der Waals surface area contributed by atoms with Gasteiger partial charge in [-0.25, -0.2) is 18.1 Å². The Labute approximate surface area is 156 Å². The normalized spacial score (nSPS) is 11.2. The van der Waals surface area contributed by atoms with Crippen LogP contribution in [0.3, 0.4) is 0 Å². The van der Waals surface area contributed by atoms with Crippen molar-refractivity contribution in [3.8, 4) is 5.69 Å². The highest BCUT2D eigenvalue weighted by atomic mass is 32.1. The Morgan fingerprint density at radius 3 is 2.63 bits per heavy atom. The zero-order valence-corrected chi connectivity index (χ0v) is 15.1. The quantitative estimate of drug-likeness (QED) is 0.539. The van der Waals surface area contributed by atoms with Gasteiger partial charge in [0.05, 0.1) is 17.7 Å². The second-order valence-electron chi connectivity index (χ2n) is 6.23. The number of thiophene rings is 1. The van der Waals surface area contributed by atoms with Gasteiger partial charge in [-0.1, -0.05) is 29.8 Å². The molecule has 0 spiro atoms. The molecule has 0 bridgehead atoms.